The number of carbonyl (C=O) groups is 2. The quantitative estimate of drug-likeness (QED) is 0.866. The van der Waals surface area contributed by atoms with Crippen LogP contribution in [0.2, 0.25) is 5.02 Å². The molecule has 1 amide bonds. The van der Waals surface area contributed by atoms with Crippen molar-refractivity contribution in [2.75, 3.05) is 6.54 Å². The monoisotopic (exact) mass is 261 g/mol. The molecule has 7 heteroatoms. The van der Waals surface area contributed by atoms with Crippen molar-refractivity contribution < 1.29 is 23.8 Å². The molecular formula is C10H9ClFNO4. The Bertz CT molecular complexity index is 418. The summed E-state index contributed by atoms with van der Waals surface area (Å²) in [6.07, 6.45) is -0.952. The van der Waals surface area contributed by atoms with Gasteiger partial charge in [-0.05, 0) is 12.1 Å². The predicted molar refractivity (Wildman–Crippen MR) is 57.2 cm³/mol. The van der Waals surface area contributed by atoms with E-state index in [1.165, 1.54) is 18.2 Å². The number of ether oxygens (including phenoxy) is 1. The molecule has 0 radical (unpaired) electrons. The van der Waals surface area contributed by atoms with Gasteiger partial charge in [0.25, 0.3) is 0 Å². The minimum atomic E-state index is -1.20. The summed E-state index contributed by atoms with van der Waals surface area (Å²) in [6, 6.07) is 4.06. The molecule has 0 aliphatic heterocycles. The molecule has 0 spiro atoms. The Kier molecular flexibility index (Phi) is 4.71. The Morgan fingerprint density at radius 2 is 2.18 bits per heavy atom. The van der Waals surface area contributed by atoms with Crippen molar-refractivity contribution in [3.63, 3.8) is 0 Å². The number of rotatable bonds is 4. The zero-order valence-corrected chi connectivity index (χ0v) is 9.33. The maximum absolute atomic E-state index is 13.2. The lowest BCUT2D eigenvalue weighted by Crippen LogP contribution is -2.29. The second-order valence-corrected chi connectivity index (χ2v) is 3.43. The maximum atomic E-state index is 13.2. The van der Waals surface area contributed by atoms with Gasteiger partial charge in [0.2, 0.25) is 0 Å². The number of benzene rings is 1. The highest BCUT2D eigenvalue weighted by Crippen LogP contribution is 2.19. The summed E-state index contributed by atoms with van der Waals surface area (Å²) in [6.45, 7) is -0.930. The molecule has 0 saturated heterocycles. The number of nitrogens with one attached hydrogen (secondary N) is 1. The predicted octanol–water partition coefficient (Wildman–Crippen LogP) is 1.79. The van der Waals surface area contributed by atoms with E-state index in [4.69, 9.17) is 16.7 Å². The fraction of sp³-hybridized carbons (Fsp3) is 0.200. The molecule has 92 valence electrons. The van der Waals surface area contributed by atoms with Crippen LogP contribution in [0.15, 0.2) is 18.2 Å². The van der Waals surface area contributed by atoms with Crippen molar-refractivity contribution in [3.8, 4) is 0 Å². The number of halogens is 2. The fourth-order valence-corrected chi connectivity index (χ4v) is 1.22. The van der Waals surface area contributed by atoms with Crippen LogP contribution < -0.4 is 5.32 Å². The van der Waals surface area contributed by atoms with Crippen molar-refractivity contribution in [2.24, 2.45) is 0 Å². The van der Waals surface area contributed by atoms with Gasteiger partial charge in [-0.1, -0.05) is 17.7 Å². The Labute approximate surface area is 101 Å². The van der Waals surface area contributed by atoms with E-state index in [1.807, 2.05) is 5.32 Å². The van der Waals surface area contributed by atoms with E-state index in [9.17, 15) is 14.0 Å². The summed E-state index contributed by atoms with van der Waals surface area (Å²) in [5.74, 6) is -1.80. The SMILES string of the molecule is O=C(O)CNC(=O)OCc1c(F)cccc1Cl. The summed E-state index contributed by atoms with van der Waals surface area (Å²) in [5.41, 5.74) is 0.0413. The van der Waals surface area contributed by atoms with Crippen molar-refractivity contribution in [1.82, 2.24) is 5.32 Å². The van der Waals surface area contributed by atoms with Crippen LogP contribution in [0.25, 0.3) is 0 Å². The number of amides is 1. The molecule has 17 heavy (non-hydrogen) atoms. The Balaban J connectivity index is 2.50. The lowest BCUT2D eigenvalue weighted by Gasteiger charge is -2.07. The molecule has 0 saturated carbocycles. The van der Waals surface area contributed by atoms with Crippen molar-refractivity contribution in [2.45, 2.75) is 6.61 Å². The first kappa shape index (κ1) is 13.2. The van der Waals surface area contributed by atoms with Gasteiger partial charge in [-0.2, -0.15) is 0 Å². The van der Waals surface area contributed by atoms with E-state index >= 15 is 0 Å². The summed E-state index contributed by atoms with van der Waals surface area (Å²) >= 11 is 5.69. The summed E-state index contributed by atoms with van der Waals surface area (Å²) < 4.78 is 17.8. The summed E-state index contributed by atoms with van der Waals surface area (Å²) in [7, 11) is 0. The third-order valence-corrected chi connectivity index (χ3v) is 2.15. The van der Waals surface area contributed by atoms with Gasteiger partial charge < -0.3 is 15.2 Å². The number of hydrogen-bond acceptors (Lipinski definition) is 3. The van der Waals surface area contributed by atoms with E-state index in [1.54, 1.807) is 0 Å². The number of carbonyl (C=O) groups excluding carboxylic acids is 1. The van der Waals surface area contributed by atoms with Crippen LogP contribution in [0.3, 0.4) is 0 Å². The molecule has 0 fully saturated rings. The topological polar surface area (TPSA) is 75.6 Å². The first-order valence-electron chi connectivity index (χ1n) is 4.56. The van der Waals surface area contributed by atoms with Crippen LogP contribution in [0, 0.1) is 5.82 Å². The number of aliphatic carboxylic acids is 1. The number of alkyl carbamates (subject to hydrolysis) is 1. The van der Waals surface area contributed by atoms with Crippen LogP contribution in [0.1, 0.15) is 5.56 Å². The van der Waals surface area contributed by atoms with E-state index in [2.05, 4.69) is 4.74 Å². The third-order valence-electron chi connectivity index (χ3n) is 1.79. The molecule has 1 aromatic carbocycles. The average Bonchev–Trinajstić information content (AvgIpc) is 2.25. The van der Waals surface area contributed by atoms with Gasteiger partial charge in [0, 0.05) is 5.56 Å². The minimum absolute atomic E-state index is 0.0413. The number of hydrogen-bond donors (Lipinski definition) is 2. The molecule has 0 bridgehead atoms. The van der Waals surface area contributed by atoms with E-state index < -0.39 is 24.4 Å². The van der Waals surface area contributed by atoms with Gasteiger partial charge >= 0.3 is 12.1 Å². The lowest BCUT2D eigenvalue weighted by atomic mass is 10.2. The molecule has 1 rings (SSSR count). The maximum Gasteiger partial charge on any atom is 0.407 e. The van der Waals surface area contributed by atoms with Crippen molar-refractivity contribution in [1.29, 1.82) is 0 Å². The highest BCUT2D eigenvalue weighted by Gasteiger charge is 2.10. The van der Waals surface area contributed by atoms with E-state index in [-0.39, 0.29) is 17.2 Å². The van der Waals surface area contributed by atoms with Gasteiger partial charge in [0.05, 0.1) is 5.02 Å². The van der Waals surface area contributed by atoms with Crippen LogP contribution >= 0.6 is 11.6 Å². The standard InChI is InChI=1S/C10H9ClFNO4/c11-7-2-1-3-8(12)6(7)5-17-10(16)13-4-9(14)15/h1-3H,4-5H2,(H,13,16)(H,14,15). The average molecular weight is 262 g/mol. The molecule has 0 unspecified atom stereocenters. The number of carboxylic acids is 1. The Morgan fingerprint density at radius 1 is 1.47 bits per heavy atom. The molecule has 1 aromatic rings. The minimum Gasteiger partial charge on any atom is -0.480 e. The molecule has 0 atom stereocenters. The van der Waals surface area contributed by atoms with Crippen molar-refractivity contribution in [3.05, 3.63) is 34.6 Å². The molecule has 0 aliphatic rings. The zero-order valence-electron chi connectivity index (χ0n) is 8.57. The van der Waals surface area contributed by atoms with Gasteiger partial charge in [-0.3, -0.25) is 4.79 Å². The van der Waals surface area contributed by atoms with Gasteiger partial charge in [0.15, 0.2) is 0 Å². The van der Waals surface area contributed by atoms with E-state index in [0.29, 0.717) is 0 Å². The third kappa shape index (κ3) is 4.28. The molecule has 0 aromatic heterocycles. The second-order valence-electron chi connectivity index (χ2n) is 3.02. The molecule has 0 heterocycles. The number of carboxylic acid groups (broad SMARTS) is 1. The first-order chi connectivity index (χ1) is 8.00. The fourth-order valence-electron chi connectivity index (χ4n) is 1.01. The first-order valence-corrected chi connectivity index (χ1v) is 4.94. The highest BCUT2D eigenvalue weighted by molar-refractivity contribution is 6.31. The van der Waals surface area contributed by atoms with Gasteiger partial charge in [-0.15, -0.1) is 0 Å². The Morgan fingerprint density at radius 3 is 2.76 bits per heavy atom. The molecule has 2 N–H and O–H groups in total. The largest absolute Gasteiger partial charge is 0.480 e. The highest BCUT2D eigenvalue weighted by atomic mass is 35.5. The smallest absolute Gasteiger partial charge is 0.407 e. The molecule has 0 aliphatic carbocycles. The Hall–Kier alpha value is -1.82. The van der Waals surface area contributed by atoms with Crippen LogP contribution in [-0.4, -0.2) is 23.7 Å². The van der Waals surface area contributed by atoms with E-state index in [0.717, 1.165) is 0 Å². The zero-order chi connectivity index (χ0) is 12.8. The normalized spacial score (nSPS) is 9.76. The molecule has 5 nitrogen and oxygen atoms in total. The summed E-state index contributed by atoms with van der Waals surface area (Å²) in [5, 5.41) is 10.4. The van der Waals surface area contributed by atoms with Gasteiger partial charge in [0.1, 0.15) is 19.0 Å². The lowest BCUT2D eigenvalue weighted by molar-refractivity contribution is -0.135. The van der Waals surface area contributed by atoms with Gasteiger partial charge in [-0.25, -0.2) is 9.18 Å². The second kappa shape index (κ2) is 6.05. The van der Waals surface area contributed by atoms with Crippen LogP contribution in [0.4, 0.5) is 9.18 Å². The van der Waals surface area contributed by atoms with Crippen LogP contribution in [-0.2, 0) is 16.1 Å². The van der Waals surface area contributed by atoms with Crippen LogP contribution in [0.5, 0.6) is 0 Å². The van der Waals surface area contributed by atoms with Crippen molar-refractivity contribution >= 4 is 23.7 Å². The summed E-state index contributed by atoms with van der Waals surface area (Å²) in [4.78, 5) is 21.1. The molecular weight excluding hydrogens is 253 g/mol.